The minimum absolute atomic E-state index is 0.199. The third kappa shape index (κ3) is 3.88. The first-order valence-electron chi connectivity index (χ1n) is 7.03. The van der Waals surface area contributed by atoms with E-state index in [4.69, 9.17) is 4.74 Å². The molecule has 1 aromatic carbocycles. The molecule has 1 saturated heterocycles. The van der Waals surface area contributed by atoms with E-state index < -0.39 is 0 Å². The number of ketones is 1. The van der Waals surface area contributed by atoms with Crippen LogP contribution in [-0.2, 0) is 4.74 Å². The fourth-order valence-corrected chi connectivity index (χ4v) is 2.38. The predicted molar refractivity (Wildman–Crippen MR) is 76.7 cm³/mol. The normalized spacial score (nSPS) is 20.7. The van der Waals surface area contributed by atoms with Crippen molar-refractivity contribution in [2.45, 2.75) is 32.8 Å². The number of carbonyl (C=O) groups is 1. The van der Waals surface area contributed by atoms with Crippen molar-refractivity contribution >= 4 is 5.78 Å². The first-order chi connectivity index (χ1) is 9.06. The van der Waals surface area contributed by atoms with Crippen molar-refractivity contribution in [1.82, 2.24) is 4.90 Å². The number of hydrogen-bond donors (Lipinski definition) is 0. The van der Waals surface area contributed by atoms with Gasteiger partial charge < -0.3 is 4.74 Å². The van der Waals surface area contributed by atoms with E-state index in [0.717, 1.165) is 25.3 Å². The van der Waals surface area contributed by atoms with Crippen LogP contribution in [0.5, 0.6) is 0 Å². The minimum Gasteiger partial charge on any atom is -0.376 e. The lowest BCUT2D eigenvalue weighted by Crippen LogP contribution is -2.43. The molecule has 104 valence electrons. The maximum absolute atomic E-state index is 12.2. The highest BCUT2D eigenvalue weighted by Gasteiger charge is 2.19. The average Bonchev–Trinajstić information content (AvgIpc) is 2.39. The summed E-state index contributed by atoms with van der Waals surface area (Å²) in [4.78, 5) is 14.4. The van der Waals surface area contributed by atoms with Crippen molar-refractivity contribution in [3.63, 3.8) is 0 Å². The van der Waals surface area contributed by atoms with Crippen LogP contribution in [0.3, 0.4) is 0 Å². The topological polar surface area (TPSA) is 29.5 Å². The molecule has 1 aliphatic rings. The highest BCUT2D eigenvalue weighted by Crippen LogP contribution is 2.15. The maximum Gasteiger partial charge on any atom is 0.176 e. The SMILES string of the molecule is CC1CN(CC(=O)c2ccc(C(C)C)cc2)CCO1. The van der Waals surface area contributed by atoms with Crippen molar-refractivity contribution in [3.8, 4) is 0 Å². The summed E-state index contributed by atoms with van der Waals surface area (Å²) in [7, 11) is 0. The Bertz CT molecular complexity index is 425. The van der Waals surface area contributed by atoms with Crippen LogP contribution in [0.1, 0.15) is 42.6 Å². The van der Waals surface area contributed by atoms with Gasteiger partial charge in [0.05, 0.1) is 19.3 Å². The molecule has 1 aliphatic heterocycles. The Kier molecular flexibility index (Phi) is 4.72. The largest absolute Gasteiger partial charge is 0.376 e. The molecule has 1 fully saturated rings. The van der Waals surface area contributed by atoms with Crippen LogP contribution < -0.4 is 0 Å². The number of morpholine rings is 1. The van der Waals surface area contributed by atoms with Gasteiger partial charge in [-0.15, -0.1) is 0 Å². The molecule has 0 aromatic heterocycles. The molecule has 0 bridgehead atoms. The second-order valence-electron chi connectivity index (χ2n) is 5.62. The molecule has 3 nitrogen and oxygen atoms in total. The van der Waals surface area contributed by atoms with Crippen LogP contribution in [0.2, 0.25) is 0 Å². The van der Waals surface area contributed by atoms with E-state index in [2.05, 4.69) is 30.9 Å². The molecular formula is C16H23NO2. The number of ether oxygens (including phenoxy) is 1. The number of Topliss-reactive ketones (excluding diaryl/α,β-unsaturated/α-hetero) is 1. The first kappa shape index (κ1) is 14.2. The van der Waals surface area contributed by atoms with Crippen LogP contribution in [0.4, 0.5) is 0 Å². The maximum atomic E-state index is 12.2. The Morgan fingerprint density at radius 1 is 1.37 bits per heavy atom. The second kappa shape index (κ2) is 6.31. The molecule has 3 heteroatoms. The van der Waals surface area contributed by atoms with Gasteiger partial charge in [0.15, 0.2) is 5.78 Å². The number of nitrogens with zero attached hydrogens (tertiary/aromatic N) is 1. The number of carbonyl (C=O) groups excluding carboxylic acids is 1. The van der Waals surface area contributed by atoms with E-state index in [9.17, 15) is 4.79 Å². The second-order valence-corrected chi connectivity index (χ2v) is 5.62. The summed E-state index contributed by atoms with van der Waals surface area (Å²) in [5.41, 5.74) is 2.08. The van der Waals surface area contributed by atoms with Crippen LogP contribution >= 0.6 is 0 Å². The van der Waals surface area contributed by atoms with Gasteiger partial charge in [-0.05, 0) is 18.4 Å². The fourth-order valence-electron chi connectivity index (χ4n) is 2.38. The molecule has 0 amide bonds. The Morgan fingerprint density at radius 2 is 2.05 bits per heavy atom. The van der Waals surface area contributed by atoms with Crippen LogP contribution in [-0.4, -0.2) is 43.0 Å². The van der Waals surface area contributed by atoms with E-state index in [1.165, 1.54) is 5.56 Å². The van der Waals surface area contributed by atoms with Crippen molar-refractivity contribution in [2.24, 2.45) is 0 Å². The number of benzene rings is 1. The number of hydrogen-bond acceptors (Lipinski definition) is 3. The Balaban J connectivity index is 1.95. The van der Waals surface area contributed by atoms with Gasteiger partial charge in [-0.2, -0.15) is 0 Å². The standard InChI is InChI=1S/C16H23NO2/c1-12(2)14-4-6-15(7-5-14)16(18)11-17-8-9-19-13(3)10-17/h4-7,12-13H,8-11H2,1-3H3. The van der Waals surface area contributed by atoms with Gasteiger partial charge in [0, 0.05) is 18.7 Å². The highest BCUT2D eigenvalue weighted by molar-refractivity contribution is 5.97. The van der Waals surface area contributed by atoms with Gasteiger partial charge >= 0.3 is 0 Å². The van der Waals surface area contributed by atoms with E-state index in [-0.39, 0.29) is 11.9 Å². The summed E-state index contributed by atoms with van der Waals surface area (Å²) in [5, 5.41) is 0. The molecule has 1 unspecified atom stereocenters. The third-order valence-electron chi connectivity index (χ3n) is 3.59. The predicted octanol–water partition coefficient (Wildman–Crippen LogP) is 2.71. The lowest BCUT2D eigenvalue weighted by molar-refractivity contribution is -0.0158. The van der Waals surface area contributed by atoms with Gasteiger partial charge in [0.25, 0.3) is 0 Å². The zero-order chi connectivity index (χ0) is 13.8. The van der Waals surface area contributed by atoms with E-state index in [0.29, 0.717) is 12.5 Å². The Labute approximate surface area is 115 Å². The lowest BCUT2D eigenvalue weighted by atomic mass is 10.0. The average molecular weight is 261 g/mol. The van der Waals surface area contributed by atoms with Crippen molar-refractivity contribution in [3.05, 3.63) is 35.4 Å². The molecule has 1 heterocycles. The first-order valence-corrected chi connectivity index (χ1v) is 7.03. The monoisotopic (exact) mass is 261 g/mol. The number of rotatable bonds is 4. The molecule has 0 N–H and O–H groups in total. The van der Waals surface area contributed by atoms with Gasteiger partial charge in [-0.3, -0.25) is 9.69 Å². The molecule has 0 spiro atoms. The molecule has 1 aromatic rings. The van der Waals surface area contributed by atoms with Crippen molar-refractivity contribution < 1.29 is 9.53 Å². The molecule has 2 rings (SSSR count). The van der Waals surface area contributed by atoms with Gasteiger partial charge in [-0.25, -0.2) is 0 Å². The molecular weight excluding hydrogens is 238 g/mol. The summed E-state index contributed by atoms with van der Waals surface area (Å²) in [6.45, 7) is 9.28. The van der Waals surface area contributed by atoms with Crippen LogP contribution in [0.15, 0.2) is 24.3 Å². The van der Waals surface area contributed by atoms with Crippen molar-refractivity contribution in [1.29, 1.82) is 0 Å². The summed E-state index contributed by atoms with van der Waals surface area (Å²) in [6.07, 6.45) is 0.227. The zero-order valence-corrected chi connectivity index (χ0v) is 12.1. The molecule has 19 heavy (non-hydrogen) atoms. The lowest BCUT2D eigenvalue weighted by Gasteiger charge is -2.30. The Hall–Kier alpha value is -1.19. The molecule has 1 atom stereocenters. The fraction of sp³-hybridized carbons (Fsp3) is 0.562. The van der Waals surface area contributed by atoms with Gasteiger partial charge in [0.1, 0.15) is 0 Å². The molecule has 0 aliphatic carbocycles. The van der Waals surface area contributed by atoms with E-state index >= 15 is 0 Å². The molecule has 0 radical (unpaired) electrons. The van der Waals surface area contributed by atoms with Crippen LogP contribution in [0.25, 0.3) is 0 Å². The summed E-state index contributed by atoms with van der Waals surface area (Å²) in [6, 6.07) is 8.00. The van der Waals surface area contributed by atoms with Crippen molar-refractivity contribution in [2.75, 3.05) is 26.2 Å². The van der Waals surface area contributed by atoms with E-state index in [1.54, 1.807) is 0 Å². The van der Waals surface area contributed by atoms with E-state index in [1.807, 2.05) is 19.1 Å². The van der Waals surface area contributed by atoms with Gasteiger partial charge in [0.2, 0.25) is 0 Å². The third-order valence-corrected chi connectivity index (χ3v) is 3.59. The Morgan fingerprint density at radius 3 is 2.63 bits per heavy atom. The quantitative estimate of drug-likeness (QED) is 0.780. The summed E-state index contributed by atoms with van der Waals surface area (Å²) in [5.74, 6) is 0.702. The smallest absolute Gasteiger partial charge is 0.176 e. The highest BCUT2D eigenvalue weighted by atomic mass is 16.5. The minimum atomic E-state index is 0.199. The zero-order valence-electron chi connectivity index (χ0n) is 12.1. The molecule has 0 saturated carbocycles. The van der Waals surface area contributed by atoms with Gasteiger partial charge in [-0.1, -0.05) is 38.1 Å². The summed E-state index contributed by atoms with van der Waals surface area (Å²) >= 11 is 0. The summed E-state index contributed by atoms with van der Waals surface area (Å²) < 4.78 is 5.48. The van der Waals surface area contributed by atoms with Crippen LogP contribution in [0, 0.1) is 0 Å².